The first-order valence-electron chi connectivity index (χ1n) is 9.51. The molecule has 3 rings (SSSR count). The van der Waals surface area contributed by atoms with E-state index in [4.69, 9.17) is 4.74 Å². The fraction of sp³-hybridized carbons (Fsp3) is 0.409. The molecule has 1 aliphatic rings. The van der Waals surface area contributed by atoms with Crippen LogP contribution in [0.5, 0.6) is 5.75 Å². The molecule has 0 bridgehead atoms. The molecule has 1 aliphatic heterocycles. The second kappa shape index (κ2) is 8.42. The van der Waals surface area contributed by atoms with Crippen LogP contribution in [0.15, 0.2) is 42.5 Å². The summed E-state index contributed by atoms with van der Waals surface area (Å²) in [6.45, 7) is 8.33. The van der Waals surface area contributed by atoms with Gasteiger partial charge < -0.3 is 14.5 Å². The van der Waals surface area contributed by atoms with Gasteiger partial charge >= 0.3 is 0 Å². The Morgan fingerprint density at radius 3 is 2.48 bits per heavy atom. The zero-order chi connectivity index (χ0) is 19.4. The minimum absolute atomic E-state index is 0.00610. The first kappa shape index (κ1) is 19.2. The van der Waals surface area contributed by atoms with E-state index in [0.29, 0.717) is 38.3 Å². The Labute approximate surface area is 160 Å². The predicted octanol–water partition coefficient (Wildman–Crippen LogP) is 3.95. The molecule has 27 heavy (non-hydrogen) atoms. The predicted molar refractivity (Wildman–Crippen MR) is 106 cm³/mol. The molecular weight excluding hydrogens is 343 g/mol. The minimum Gasteiger partial charge on any atom is -0.480 e. The van der Waals surface area contributed by atoms with Crippen LogP contribution < -0.4 is 9.64 Å². The summed E-state index contributed by atoms with van der Waals surface area (Å²) in [7, 11) is 0. The molecule has 0 radical (unpaired) electrons. The second-order valence-electron chi connectivity index (χ2n) is 7.05. The maximum absolute atomic E-state index is 14.0. The number of nitrogens with zero attached hydrogens (tertiary/aromatic N) is 2. The summed E-state index contributed by atoms with van der Waals surface area (Å²) in [6.07, 6.45) is 0.116. The number of benzene rings is 2. The number of rotatable bonds is 5. The normalized spacial score (nSPS) is 15.6. The zero-order valence-corrected chi connectivity index (χ0v) is 16.2. The molecule has 0 unspecified atom stereocenters. The van der Waals surface area contributed by atoms with E-state index in [1.807, 2.05) is 54.8 Å². The molecule has 144 valence electrons. The number of amides is 1. The summed E-state index contributed by atoms with van der Waals surface area (Å²) in [4.78, 5) is 16.8. The van der Waals surface area contributed by atoms with Gasteiger partial charge in [0.2, 0.25) is 0 Å². The average molecular weight is 370 g/mol. The third kappa shape index (κ3) is 4.41. The summed E-state index contributed by atoms with van der Waals surface area (Å²) in [5, 5.41) is 0. The van der Waals surface area contributed by atoms with Crippen LogP contribution in [-0.2, 0) is 4.79 Å². The van der Waals surface area contributed by atoms with Crippen molar-refractivity contribution in [3.8, 4) is 5.75 Å². The van der Waals surface area contributed by atoms with E-state index in [1.165, 1.54) is 6.07 Å². The van der Waals surface area contributed by atoms with Crippen molar-refractivity contribution in [2.24, 2.45) is 0 Å². The Morgan fingerprint density at radius 2 is 1.81 bits per heavy atom. The fourth-order valence-corrected chi connectivity index (χ4v) is 3.38. The number of anilines is 1. The number of hydrogen-bond acceptors (Lipinski definition) is 3. The number of aryl methyl sites for hydroxylation is 2. The van der Waals surface area contributed by atoms with Gasteiger partial charge in [-0.25, -0.2) is 4.39 Å². The average Bonchev–Trinajstić information content (AvgIpc) is 2.68. The van der Waals surface area contributed by atoms with Crippen LogP contribution in [-0.4, -0.2) is 43.1 Å². The maximum atomic E-state index is 14.0. The Balaban J connectivity index is 1.63. The van der Waals surface area contributed by atoms with Crippen molar-refractivity contribution >= 4 is 11.6 Å². The van der Waals surface area contributed by atoms with Gasteiger partial charge in [-0.2, -0.15) is 0 Å². The van der Waals surface area contributed by atoms with Crippen LogP contribution in [0.2, 0.25) is 0 Å². The van der Waals surface area contributed by atoms with Crippen LogP contribution in [0.1, 0.15) is 24.5 Å². The second-order valence-corrected chi connectivity index (χ2v) is 7.05. The van der Waals surface area contributed by atoms with E-state index in [9.17, 15) is 9.18 Å². The quantitative estimate of drug-likeness (QED) is 0.799. The number of para-hydroxylation sites is 1. The highest BCUT2D eigenvalue weighted by molar-refractivity contribution is 5.81. The van der Waals surface area contributed by atoms with Crippen LogP contribution in [0.25, 0.3) is 0 Å². The molecule has 4 nitrogen and oxygen atoms in total. The molecule has 5 heteroatoms. The topological polar surface area (TPSA) is 32.8 Å². The van der Waals surface area contributed by atoms with Gasteiger partial charge in [0.05, 0.1) is 5.69 Å². The van der Waals surface area contributed by atoms with Gasteiger partial charge in [0, 0.05) is 26.2 Å². The molecule has 1 fully saturated rings. The van der Waals surface area contributed by atoms with Crippen molar-refractivity contribution < 1.29 is 13.9 Å². The fourth-order valence-electron chi connectivity index (χ4n) is 3.38. The lowest BCUT2D eigenvalue weighted by Gasteiger charge is -2.37. The highest BCUT2D eigenvalue weighted by Crippen LogP contribution is 2.23. The number of ether oxygens (including phenoxy) is 1. The number of carbonyl (C=O) groups excluding carboxylic acids is 1. The molecule has 1 atom stereocenters. The summed E-state index contributed by atoms with van der Waals surface area (Å²) in [5.74, 6) is 0.550. The number of piperazine rings is 1. The molecule has 2 aromatic carbocycles. The van der Waals surface area contributed by atoms with Crippen LogP contribution >= 0.6 is 0 Å². The number of halogens is 1. The first-order valence-corrected chi connectivity index (χ1v) is 9.51. The lowest BCUT2D eigenvalue weighted by molar-refractivity contribution is -0.139. The third-order valence-electron chi connectivity index (χ3n) is 5.04. The van der Waals surface area contributed by atoms with Crippen molar-refractivity contribution in [2.75, 3.05) is 31.1 Å². The third-order valence-corrected chi connectivity index (χ3v) is 5.04. The summed E-state index contributed by atoms with van der Waals surface area (Å²) in [5.41, 5.74) is 2.73. The molecule has 0 N–H and O–H groups in total. The Kier molecular flexibility index (Phi) is 5.99. The van der Waals surface area contributed by atoms with Crippen LogP contribution in [0.3, 0.4) is 0 Å². The molecular formula is C22H27FN2O2. The van der Waals surface area contributed by atoms with Crippen molar-refractivity contribution in [3.63, 3.8) is 0 Å². The smallest absolute Gasteiger partial charge is 0.263 e. The van der Waals surface area contributed by atoms with Gasteiger partial charge in [0.15, 0.2) is 6.10 Å². The Bertz CT molecular complexity index is 801. The summed E-state index contributed by atoms with van der Waals surface area (Å²) in [6, 6.07) is 12.8. The van der Waals surface area contributed by atoms with Gasteiger partial charge in [-0.05, 0) is 49.6 Å². The van der Waals surface area contributed by atoms with Gasteiger partial charge in [0.1, 0.15) is 11.6 Å². The molecule has 1 amide bonds. The maximum Gasteiger partial charge on any atom is 0.263 e. The molecule has 1 saturated heterocycles. The van der Waals surface area contributed by atoms with Crippen molar-refractivity contribution in [1.82, 2.24) is 4.90 Å². The largest absolute Gasteiger partial charge is 0.480 e. The van der Waals surface area contributed by atoms with Gasteiger partial charge in [0.25, 0.3) is 5.91 Å². The van der Waals surface area contributed by atoms with Gasteiger partial charge in [-0.15, -0.1) is 0 Å². The Morgan fingerprint density at radius 1 is 1.11 bits per heavy atom. The van der Waals surface area contributed by atoms with Crippen LogP contribution in [0, 0.1) is 19.7 Å². The summed E-state index contributed by atoms with van der Waals surface area (Å²) >= 11 is 0. The van der Waals surface area contributed by atoms with E-state index in [1.54, 1.807) is 12.1 Å². The molecule has 1 heterocycles. The lowest BCUT2D eigenvalue weighted by Crippen LogP contribution is -2.52. The summed E-state index contributed by atoms with van der Waals surface area (Å²) < 4.78 is 20.0. The molecule has 0 aromatic heterocycles. The molecule has 0 saturated carbocycles. The molecule has 0 spiro atoms. The first-order chi connectivity index (χ1) is 13.0. The monoisotopic (exact) mass is 370 g/mol. The van der Waals surface area contributed by atoms with Crippen molar-refractivity contribution in [2.45, 2.75) is 33.3 Å². The van der Waals surface area contributed by atoms with Crippen molar-refractivity contribution in [1.29, 1.82) is 0 Å². The van der Waals surface area contributed by atoms with E-state index in [-0.39, 0.29) is 11.7 Å². The minimum atomic E-state index is -0.495. The van der Waals surface area contributed by atoms with Gasteiger partial charge in [-0.1, -0.05) is 31.2 Å². The van der Waals surface area contributed by atoms with Crippen molar-refractivity contribution in [3.05, 3.63) is 59.4 Å². The Hall–Kier alpha value is -2.56. The number of carbonyl (C=O) groups is 1. The van der Waals surface area contributed by atoms with E-state index in [0.717, 1.165) is 16.9 Å². The van der Waals surface area contributed by atoms with Gasteiger partial charge in [-0.3, -0.25) is 4.79 Å². The molecule has 2 aromatic rings. The zero-order valence-electron chi connectivity index (χ0n) is 16.2. The standard InChI is InChI=1S/C22H27FN2O2/c1-4-20(27-21-15-16(2)9-10-17(21)3)22(26)25-13-11-24(12-14-25)19-8-6-5-7-18(19)23/h5-10,15,20H,4,11-14H2,1-3H3/t20-/m1/s1. The highest BCUT2D eigenvalue weighted by Gasteiger charge is 2.28. The number of hydrogen-bond donors (Lipinski definition) is 0. The van der Waals surface area contributed by atoms with E-state index >= 15 is 0 Å². The van der Waals surface area contributed by atoms with E-state index in [2.05, 4.69) is 0 Å². The lowest BCUT2D eigenvalue weighted by atomic mass is 10.1. The SMILES string of the molecule is CC[C@@H](Oc1cc(C)ccc1C)C(=O)N1CCN(c2ccccc2F)CC1. The molecule has 0 aliphatic carbocycles. The van der Waals surface area contributed by atoms with E-state index < -0.39 is 6.10 Å². The van der Waals surface area contributed by atoms with Crippen LogP contribution in [0.4, 0.5) is 10.1 Å². The highest BCUT2D eigenvalue weighted by atomic mass is 19.1.